The summed E-state index contributed by atoms with van der Waals surface area (Å²) in [4.78, 5) is 16.3. The minimum Gasteiger partial charge on any atom is -0.358 e. The van der Waals surface area contributed by atoms with Crippen LogP contribution in [0.25, 0.3) is 0 Å². The third-order valence-corrected chi connectivity index (χ3v) is 4.60. The van der Waals surface area contributed by atoms with E-state index in [1.54, 1.807) is 25.0 Å². The van der Waals surface area contributed by atoms with Crippen LogP contribution in [0, 0.1) is 0 Å². The van der Waals surface area contributed by atoms with Crippen LogP contribution in [0.2, 0.25) is 0 Å². The van der Waals surface area contributed by atoms with Gasteiger partial charge in [-0.1, -0.05) is 12.5 Å². The van der Waals surface area contributed by atoms with Crippen molar-refractivity contribution in [1.29, 1.82) is 0 Å². The standard InChI is InChI=1S/C12H16N2OS/c1-13-11(15)12(6-2-3-8-16-12)10-5-4-7-14-9-10/h4-5,7,9H,2-3,6,8H2,1H3,(H,13,15). The Morgan fingerprint density at radius 1 is 1.56 bits per heavy atom. The maximum Gasteiger partial charge on any atom is 0.240 e. The van der Waals surface area contributed by atoms with E-state index in [0.717, 1.165) is 24.2 Å². The van der Waals surface area contributed by atoms with Gasteiger partial charge in [-0.3, -0.25) is 9.78 Å². The predicted octanol–water partition coefficient (Wildman–Crippen LogP) is 1.94. The second kappa shape index (κ2) is 4.87. The lowest BCUT2D eigenvalue weighted by molar-refractivity contribution is -0.123. The molecule has 0 aromatic carbocycles. The molecule has 1 atom stereocenters. The molecule has 1 aromatic rings. The minimum absolute atomic E-state index is 0.102. The van der Waals surface area contributed by atoms with Crippen molar-refractivity contribution in [3.05, 3.63) is 30.1 Å². The highest BCUT2D eigenvalue weighted by atomic mass is 32.2. The molecule has 3 nitrogen and oxygen atoms in total. The third-order valence-electron chi connectivity index (χ3n) is 2.99. The number of aromatic nitrogens is 1. The van der Waals surface area contributed by atoms with Crippen LogP contribution in [-0.4, -0.2) is 23.7 Å². The SMILES string of the molecule is CNC(=O)C1(c2cccnc2)CCCCS1. The Morgan fingerprint density at radius 3 is 3.00 bits per heavy atom. The smallest absolute Gasteiger partial charge is 0.240 e. The molecule has 0 bridgehead atoms. The molecule has 0 radical (unpaired) electrons. The van der Waals surface area contributed by atoms with Gasteiger partial charge in [0.15, 0.2) is 0 Å². The van der Waals surface area contributed by atoms with Crippen LogP contribution >= 0.6 is 11.8 Å². The number of hydrogen-bond acceptors (Lipinski definition) is 3. The zero-order valence-electron chi connectivity index (χ0n) is 9.40. The molecule has 1 saturated heterocycles. The predicted molar refractivity (Wildman–Crippen MR) is 66.3 cm³/mol. The number of hydrogen-bond donors (Lipinski definition) is 1. The van der Waals surface area contributed by atoms with E-state index < -0.39 is 4.75 Å². The van der Waals surface area contributed by atoms with Crippen molar-refractivity contribution in [2.75, 3.05) is 12.8 Å². The number of likely N-dealkylation sites (N-methyl/N-ethyl adjacent to an activating group) is 1. The molecule has 0 saturated carbocycles. The van der Waals surface area contributed by atoms with Crippen LogP contribution in [-0.2, 0) is 9.54 Å². The first-order chi connectivity index (χ1) is 7.79. The Bertz CT molecular complexity index is 361. The highest BCUT2D eigenvalue weighted by molar-refractivity contribution is 8.01. The molecular formula is C12H16N2OS. The number of rotatable bonds is 2. The summed E-state index contributed by atoms with van der Waals surface area (Å²) in [5.74, 6) is 1.15. The van der Waals surface area contributed by atoms with E-state index in [-0.39, 0.29) is 5.91 Å². The molecule has 1 aromatic heterocycles. The van der Waals surface area contributed by atoms with E-state index in [1.165, 1.54) is 6.42 Å². The first kappa shape index (κ1) is 11.5. The fourth-order valence-electron chi connectivity index (χ4n) is 2.14. The summed E-state index contributed by atoms with van der Waals surface area (Å²) in [6.07, 6.45) is 6.77. The van der Waals surface area contributed by atoms with Crippen molar-refractivity contribution in [1.82, 2.24) is 10.3 Å². The van der Waals surface area contributed by atoms with Gasteiger partial charge in [0.05, 0.1) is 0 Å². The van der Waals surface area contributed by atoms with Gasteiger partial charge in [-0.2, -0.15) is 0 Å². The Morgan fingerprint density at radius 2 is 2.44 bits per heavy atom. The molecule has 0 aliphatic carbocycles. The molecule has 2 heterocycles. The lowest BCUT2D eigenvalue weighted by Crippen LogP contribution is -2.42. The summed E-state index contributed by atoms with van der Waals surface area (Å²) in [5, 5.41) is 2.79. The third kappa shape index (κ3) is 1.94. The number of amides is 1. The van der Waals surface area contributed by atoms with Crippen LogP contribution < -0.4 is 5.32 Å². The first-order valence-electron chi connectivity index (χ1n) is 5.56. The maximum atomic E-state index is 12.1. The molecule has 1 N–H and O–H groups in total. The molecule has 1 unspecified atom stereocenters. The van der Waals surface area contributed by atoms with Crippen molar-refractivity contribution < 1.29 is 4.79 Å². The van der Waals surface area contributed by atoms with Gasteiger partial charge < -0.3 is 5.32 Å². The van der Waals surface area contributed by atoms with Gasteiger partial charge >= 0.3 is 0 Å². The average Bonchev–Trinajstić information content (AvgIpc) is 2.39. The second-order valence-electron chi connectivity index (χ2n) is 3.95. The number of thioether (sulfide) groups is 1. The highest BCUT2D eigenvalue weighted by Crippen LogP contribution is 2.44. The maximum absolute atomic E-state index is 12.1. The molecule has 0 spiro atoms. The quantitative estimate of drug-likeness (QED) is 0.853. The summed E-state index contributed by atoms with van der Waals surface area (Å²) >= 11 is 1.74. The van der Waals surface area contributed by atoms with Crippen molar-refractivity contribution in [3.63, 3.8) is 0 Å². The van der Waals surface area contributed by atoms with Crippen LogP contribution in [0.1, 0.15) is 24.8 Å². The lowest BCUT2D eigenvalue weighted by Gasteiger charge is -2.34. The lowest BCUT2D eigenvalue weighted by atomic mass is 9.92. The van der Waals surface area contributed by atoms with Crippen molar-refractivity contribution in [3.8, 4) is 0 Å². The van der Waals surface area contributed by atoms with Gasteiger partial charge in [0.1, 0.15) is 4.75 Å². The number of carbonyl (C=O) groups is 1. The molecule has 2 rings (SSSR count). The highest BCUT2D eigenvalue weighted by Gasteiger charge is 2.41. The van der Waals surface area contributed by atoms with Crippen molar-refractivity contribution in [2.45, 2.75) is 24.0 Å². The first-order valence-corrected chi connectivity index (χ1v) is 6.55. The fraction of sp³-hybridized carbons (Fsp3) is 0.500. The van der Waals surface area contributed by atoms with E-state index in [0.29, 0.717) is 0 Å². The molecule has 16 heavy (non-hydrogen) atoms. The van der Waals surface area contributed by atoms with E-state index in [4.69, 9.17) is 0 Å². The molecule has 86 valence electrons. The van der Waals surface area contributed by atoms with E-state index in [1.807, 2.05) is 18.3 Å². The number of carbonyl (C=O) groups excluding carboxylic acids is 1. The fourth-order valence-corrected chi connectivity index (χ4v) is 3.64. The largest absolute Gasteiger partial charge is 0.358 e. The summed E-state index contributed by atoms with van der Waals surface area (Å²) in [5.41, 5.74) is 1.03. The van der Waals surface area contributed by atoms with Gasteiger partial charge in [-0.05, 0) is 30.2 Å². The Labute approximate surface area is 100 Å². The molecule has 1 aliphatic rings. The number of nitrogens with one attached hydrogen (secondary N) is 1. The summed E-state index contributed by atoms with van der Waals surface area (Å²) in [6.45, 7) is 0. The summed E-state index contributed by atoms with van der Waals surface area (Å²) < 4.78 is -0.415. The molecule has 4 heteroatoms. The van der Waals surface area contributed by atoms with Crippen molar-refractivity contribution in [2.24, 2.45) is 0 Å². The summed E-state index contributed by atoms with van der Waals surface area (Å²) in [7, 11) is 1.70. The zero-order valence-corrected chi connectivity index (χ0v) is 10.2. The Balaban J connectivity index is 2.38. The second-order valence-corrected chi connectivity index (χ2v) is 5.35. The topological polar surface area (TPSA) is 42.0 Å². The van der Waals surface area contributed by atoms with E-state index >= 15 is 0 Å². The average molecular weight is 236 g/mol. The van der Waals surface area contributed by atoms with Crippen molar-refractivity contribution >= 4 is 17.7 Å². The molecule has 1 amide bonds. The van der Waals surface area contributed by atoms with Crippen LogP contribution in [0.4, 0.5) is 0 Å². The van der Waals surface area contributed by atoms with Gasteiger partial charge in [0, 0.05) is 19.4 Å². The molecular weight excluding hydrogens is 220 g/mol. The van der Waals surface area contributed by atoms with Crippen LogP contribution in [0.3, 0.4) is 0 Å². The van der Waals surface area contributed by atoms with Crippen LogP contribution in [0.5, 0.6) is 0 Å². The monoisotopic (exact) mass is 236 g/mol. The van der Waals surface area contributed by atoms with Crippen LogP contribution in [0.15, 0.2) is 24.5 Å². The number of nitrogens with zero attached hydrogens (tertiary/aromatic N) is 1. The van der Waals surface area contributed by atoms with Gasteiger partial charge in [-0.25, -0.2) is 0 Å². The zero-order chi connectivity index (χ0) is 11.4. The number of pyridine rings is 1. The normalized spacial score (nSPS) is 25.1. The minimum atomic E-state index is -0.415. The molecule has 1 fully saturated rings. The molecule has 1 aliphatic heterocycles. The summed E-state index contributed by atoms with van der Waals surface area (Å²) in [6, 6.07) is 3.90. The Hall–Kier alpha value is -1.03. The van der Waals surface area contributed by atoms with E-state index in [9.17, 15) is 4.79 Å². The Kier molecular flexibility index (Phi) is 3.49. The van der Waals surface area contributed by atoms with E-state index in [2.05, 4.69) is 10.3 Å². The van der Waals surface area contributed by atoms with Gasteiger partial charge in [0.25, 0.3) is 0 Å². The van der Waals surface area contributed by atoms with Gasteiger partial charge in [0.2, 0.25) is 5.91 Å². The van der Waals surface area contributed by atoms with Gasteiger partial charge in [-0.15, -0.1) is 11.8 Å².